The first kappa shape index (κ1) is 11.9. The van der Waals surface area contributed by atoms with E-state index >= 15 is 0 Å². The molecule has 1 atom stereocenters. The standard InChI is InChI=1S/C11H7Cl2FOS/c12-8-3-4-16-11(8)10(15)7-2-1-6(14)5-9(7)13/h1-5,10,15H. The maximum Gasteiger partial charge on any atom is 0.124 e. The average molecular weight is 277 g/mol. The van der Waals surface area contributed by atoms with Crippen molar-refractivity contribution in [1.29, 1.82) is 0 Å². The van der Waals surface area contributed by atoms with E-state index in [1.54, 1.807) is 11.4 Å². The third-order valence-electron chi connectivity index (χ3n) is 2.15. The van der Waals surface area contributed by atoms with Crippen molar-refractivity contribution in [1.82, 2.24) is 0 Å². The van der Waals surface area contributed by atoms with Gasteiger partial charge in [-0.3, -0.25) is 0 Å². The van der Waals surface area contributed by atoms with E-state index in [0.717, 1.165) is 0 Å². The van der Waals surface area contributed by atoms with Crippen LogP contribution in [0.25, 0.3) is 0 Å². The van der Waals surface area contributed by atoms with Gasteiger partial charge in [-0.2, -0.15) is 0 Å². The Hall–Kier alpha value is -0.610. The van der Waals surface area contributed by atoms with Crippen LogP contribution >= 0.6 is 34.5 Å². The second kappa shape index (κ2) is 4.72. The summed E-state index contributed by atoms with van der Waals surface area (Å²) in [6.07, 6.45) is -0.916. The van der Waals surface area contributed by atoms with Crippen LogP contribution in [0.4, 0.5) is 4.39 Å². The second-order valence-electron chi connectivity index (χ2n) is 3.20. The molecule has 1 aromatic heterocycles. The lowest BCUT2D eigenvalue weighted by Gasteiger charge is -2.11. The number of aliphatic hydroxyl groups is 1. The SMILES string of the molecule is OC(c1ccc(F)cc1Cl)c1sccc1Cl. The predicted octanol–water partition coefficient (Wildman–Crippen LogP) is 4.28. The molecule has 0 saturated heterocycles. The number of hydrogen-bond acceptors (Lipinski definition) is 2. The summed E-state index contributed by atoms with van der Waals surface area (Å²) in [6.45, 7) is 0. The molecular formula is C11H7Cl2FOS. The first-order chi connectivity index (χ1) is 7.59. The number of halogens is 3. The Labute approximate surface area is 106 Å². The Morgan fingerprint density at radius 3 is 2.50 bits per heavy atom. The summed E-state index contributed by atoms with van der Waals surface area (Å²) >= 11 is 13.1. The predicted molar refractivity (Wildman–Crippen MR) is 64.8 cm³/mol. The Morgan fingerprint density at radius 1 is 1.19 bits per heavy atom. The van der Waals surface area contributed by atoms with E-state index in [2.05, 4.69) is 0 Å². The zero-order valence-electron chi connectivity index (χ0n) is 7.95. The molecule has 0 fully saturated rings. The van der Waals surface area contributed by atoms with Crippen LogP contribution in [0.2, 0.25) is 10.0 Å². The summed E-state index contributed by atoms with van der Waals surface area (Å²) in [5.41, 5.74) is 0.451. The molecule has 0 spiro atoms. The molecule has 0 aliphatic heterocycles. The molecule has 0 amide bonds. The summed E-state index contributed by atoms with van der Waals surface area (Å²) in [4.78, 5) is 0.607. The van der Waals surface area contributed by atoms with E-state index in [1.807, 2.05) is 0 Å². The lowest BCUT2D eigenvalue weighted by molar-refractivity contribution is 0.224. The third kappa shape index (κ3) is 2.23. The maximum absolute atomic E-state index is 12.8. The minimum atomic E-state index is -0.916. The normalized spacial score (nSPS) is 12.8. The highest BCUT2D eigenvalue weighted by atomic mass is 35.5. The van der Waals surface area contributed by atoms with Gasteiger partial charge in [0.1, 0.15) is 11.9 Å². The number of hydrogen-bond donors (Lipinski definition) is 1. The average Bonchev–Trinajstić information content (AvgIpc) is 2.63. The molecule has 0 bridgehead atoms. The number of thiophene rings is 1. The molecule has 5 heteroatoms. The maximum atomic E-state index is 12.8. The van der Waals surface area contributed by atoms with Crippen LogP contribution in [0.5, 0.6) is 0 Å². The summed E-state index contributed by atoms with van der Waals surface area (Å²) < 4.78 is 12.8. The van der Waals surface area contributed by atoms with Crippen molar-refractivity contribution in [2.45, 2.75) is 6.10 Å². The van der Waals surface area contributed by atoms with E-state index in [-0.39, 0.29) is 5.02 Å². The van der Waals surface area contributed by atoms with Crippen LogP contribution in [0.15, 0.2) is 29.6 Å². The van der Waals surface area contributed by atoms with Crippen LogP contribution in [0.1, 0.15) is 16.5 Å². The topological polar surface area (TPSA) is 20.2 Å². The Bertz CT molecular complexity index is 512. The molecule has 16 heavy (non-hydrogen) atoms. The molecule has 0 aliphatic carbocycles. The largest absolute Gasteiger partial charge is 0.383 e. The molecule has 2 aromatic rings. The van der Waals surface area contributed by atoms with Gasteiger partial charge in [0.15, 0.2) is 0 Å². The molecule has 2 rings (SSSR count). The van der Waals surface area contributed by atoms with Gasteiger partial charge in [0.25, 0.3) is 0 Å². The van der Waals surface area contributed by atoms with Crippen LogP contribution < -0.4 is 0 Å². The smallest absolute Gasteiger partial charge is 0.124 e. The fraction of sp³-hybridized carbons (Fsp3) is 0.0909. The Morgan fingerprint density at radius 2 is 1.94 bits per heavy atom. The zero-order valence-corrected chi connectivity index (χ0v) is 10.3. The van der Waals surface area contributed by atoms with Gasteiger partial charge in [-0.1, -0.05) is 29.3 Å². The van der Waals surface area contributed by atoms with Crippen molar-refractivity contribution in [3.8, 4) is 0 Å². The van der Waals surface area contributed by atoms with Crippen LogP contribution in [-0.2, 0) is 0 Å². The van der Waals surface area contributed by atoms with E-state index in [0.29, 0.717) is 15.5 Å². The van der Waals surface area contributed by atoms with Crippen LogP contribution in [0, 0.1) is 5.82 Å². The van der Waals surface area contributed by atoms with Gasteiger partial charge in [-0.05, 0) is 23.6 Å². The number of aliphatic hydroxyl groups excluding tert-OH is 1. The van der Waals surface area contributed by atoms with Crippen LogP contribution in [0.3, 0.4) is 0 Å². The van der Waals surface area contributed by atoms with Crippen molar-refractivity contribution in [3.63, 3.8) is 0 Å². The highest BCUT2D eigenvalue weighted by Crippen LogP contribution is 2.35. The summed E-state index contributed by atoms with van der Waals surface area (Å²) in [5, 5.41) is 12.5. The van der Waals surface area contributed by atoms with Gasteiger partial charge >= 0.3 is 0 Å². The lowest BCUT2D eigenvalue weighted by Crippen LogP contribution is -1.99. The number of rotatable bonds is 2. The summed E-state index contributed by atoms with van der Waals surface area (Å²) in [7, 11) is 0. The van der Waals surface area contributed by atoms with E-state index in [4.69, 9.17) is 23.2 Å². The van der Waals surface area contributed by atoms with Gasteiger partial charge in [-0.15, -0.1) is 11.3 Å². The number of benzene rings is 1. The van der Waals surface area contributed by atoms with Gasteiger partial charge < -0.3 is 5.11 Å². The van der Waals surface area contributed by atoms with Crippen molar-refractivity contribution in [2.24, 2.45) is 0 Å². The lowest BCUT2D eigenvalue weighted by atomic mass is 10.1. The van der Waals surface area contributed by atoms with E-state index < -0.39 is 11.9 Å². The minimum absolute atomic E-state index is 0.192. The molecule has 1 nitrogen and oxygen atoms in total. The second-order valence-corrected chi connectivity index (χ2v) is 4.96. The Kier molecular flexibility index (Phi) is 3.50. The first-order valence-electron chi connectivity index (χ1n) is 4.45. The summed E-state index contributed by atoms with van der Waals surface area (Å²) in [5.74, 6) is -0.432. The van der Waals surface area contributed by atoms with E-state index in [1.165, 1.54) is 29.5 Å². The van der Waals surface area contributed by atoms with Gasteiger partial charge in [0.2, 0.25) is 0 Å². The minimum Gasteiger partial charge on any atom is -0.383 e. The van der Waals surface area contributed by atoms with Gasteiger partial charge in [0.05, 0.1) is 9.90 Å². The molecule has 0 radical (unpaired) electrons. The quantitative estimate of drug-likeness (QED) is 0.868. The molecule has 0 saturated carbocycles. The third-order valence-corrected chi connectivity index (χ3v) is 3.89. The van der Waals surface area contributed by atoms with Crippen molar-refractivity contribution >= 4 is 34.5 Å². The summed E-state index contributed by atoms with van der Waals surface area (Å²) in [6, 6.07) is 5.58. The first-order valence-corrected chi connectivity index (χ1v) is 6.09. The van der Waals surface area contributed by atoms with Crippen molar-refractivity contribution in [2.75, 3.05) is 0 Å². The van der Waals surface area contributed by atoms with Gasteiger partial charge in [-0.25, -0.2) is 4.39 Å². The molecule has 1 N–H and O–H groups in total. The highest BCUT2D eigenvalue weighted by Gasteiger charge is 2.18. The van der Waals surface area contributed by atoms with E-state index in [9.17, 15) is 9.50 Å². The monoisotopic (exact) mass is 276 g/mol. The molecule has 1 aromatic carbocycles. The fourth-order valence-corrected chi connectivity index (χ4v) is 2.80. The zero-order chi connectivity index (χ0) is 11.7. The fourth-order valence-electron chi connectivity index (χ4n) is 1.37. The van der Waals surface area contributed by atoms with Gasteiger partial charge in [0, 0.05) is 10.6 Å². The Balaban J connectivity index is 2.41. The molecule has 1 unspecified atom stereocenters. The molecule has 0 aliphatic rings. The molecular weight excluding hydrogens is 270 g/mol. The van der Waals surface area contributed by atoms with Crippen LogP contribution in [-0.4, -0.2) is 5.11 Å². The molecule has 84 valence electrons. The van der Waals surface area contributed by atoms with Crippen molar-refractivity contribution in [3.05, 3.63) is 55.9 Å². The highest BCUT2D eigenvalue weighted by molar-refractivity contribution is 7.10. The van der Waals surface area contributed by atoms with Crippen molar-refractivity contribution < 1.29 is 9.50 Å². The molecule has 1 heterocycles.